The summed E-state index contributed by atoms with van der Waals surface area (Å²) in [6.45, 7) is 0.200. The van der Waals surface area contributed by atoms with Crippen LogP contribution in [0.1, 0.15) is 25.7 Å². The molecule has 1 aliphatic rings. The SMILES string of the molecule is CN(C1CCC(CO)CC1)S(=O)(=O)c1cnn(C)c1. The van der Waals surface area contributed by atoms with Crippen LogP contribution < -0.4 is 0 Å². The summed E-state index contributed by atoms with van der Waals surface area (Å²) in [5, 5.41) is 13.0. The van der Waals surface area contributed by atoms with Gasteiger partial charge >= 0.3 is 0 Å². The lowest BCUT2D eigenvalue weighted by molar-refractivity contribution is 0.159. The molecule has 19 heavy (non-hydrogen) atoms. The van der Waals surface area contributed by atoms with Crippen molar-refractivity contribution >= 4 is 10.0 Å². The van der Waals surface area contributed by atoms with Gasteiger partial charge < -0.3 is 5.11 Å². The summed E-state index contributed by atoms with van der Waals surface area (Å²) in [6, 6.07) is 0.0213. The molecule has 0 aliphatic heterocycles. The lowest BCUT2D eigenvalue weighted by Crippen LogP contribution is -2.39. The molecule has 0 unspecified atom stereocenters. The Kier molecular flexibility index (Phi) is 4.27. The number of sulfonamides is 1. The van der Waals surface area contributed by atoms with Crippen molar-refractivity contribution in [1.29, 1.82) is 0 Å². The number of aromatic nitrogens is 2. The number of aliphatic hydroxyl groups excluding tert-OH is 1. The van der Waals surface area contributed by atoms with E-state index in [2.05, 4.69) is 5.10 Å². The maximum absolute atomic E-state index is 12.4. The predicted octanol–water partition coefficient (Wildman–Crippen LogP) is 0.592. The number of rotatable bonds is 4. The minimum absolute atomic E-state index is 0.0213. The number of nitrogens with zero attached hydrogens (tertiary/aromatic N) is 3. The molecule has 7 heteroatoms. The standard InChI is InChI=1S/C12H21N3O3S/c1-14-8-12(7-13-14)19(17,18)15(2)11-5-3-10(9-16)4-6-11/h7-8,10-11,16H,3-6,9H2,1-2H3. The highest BCUT2D eigenvalue weighted by Crippen LogP contribution is 2.29. The topological polar surface area (TPSA) is 75.4 Å². The van der Waals surface area contributed by atoms with E-state index in [0.29, 0.717) is 5.92 Å². The van der Waals surface area contributed by atoms with Crippen molar-refractivity contribution in [1.82, 2.24) is 14.1 Å². The zero-order valence-electron chi connectivity index (χ0n) is 11.4. The first-order valence-corrected chi connectivity index (χ1v) is 7.96. The second kappa shape index (κ2) is 5.60. The van der Waals surface area contributed by atoms with Crippen LogP contribution >= 0.6 is 0 Å². The third-order valence-electron chi connectivity index (χ3n) is 3.95. The molecule has 0 aromatic carbocycles. The lowest BCUT2D eigenvalue weighted by atomic mass is 9.87. The first-order valence-electron chi connectivity index (χ1n) is 6.52. The Morgan fingerprint density at radius 1 is 1.42 bits per heavy atom. The first-order chi connectivity index (χ1) is 8.95. The predicted molar refractivity (Wildman–Crippen MR) is 71.0 cm³/mol. The number of hydrogen-bond donors (Lipinski definition) is 1. The Hall–Kier alpha value is -0.920. The molecular formula is C12H21N3O3S. The van der Waals surface area contributed by atoms with Crippen molar-refractivity contribution in [3.8, 4) is 0 Å². The molecular weight excluding hydrogens is 266 g/mol. The molecule has 1 aliphatic carbocycles. The quantitative estimate of drug-likeness (QED) is 0.879. The molecule has 108 valence electrons. The molecule has 0 bridgehead atoms. The summed E-state index contributed by atoms with van der Waals surface area (Å²) in [4.78, 5) is 0.238. The van der Waals surface area contributed by atoms with Gasteiger partial charge in [-0.3, -0.25) is 4.68 Å². The van der Waals surface area contributed by atoms with Gasteiger partial charge in [0.25, 0.3) is 0 Å². The van der Waals surface area contributed by atoms with Crippen LogP contribution in [0.25, 0.3) is 0 Å². The average molecular weight is 287 g/mol. The molecule has 1 heterocycles. The van der Waals surface area contributed by atoms with Gasteiger partial charge in [-0.1, -0.05) is 0 Å². The van der Waals surface area contributed by atoms with Gasteiger partial charge in [0.1, 0.15) is 4.90 Å². The minimum Gasteiger partial charge on any atom is -0.396 e. The third-order valence-corrected chi connectivity index (χ3v) is 5.81. The zero-order chi connectivity index (χ0) is 14.0. The molecule has 1 aromatic heterocycles. The van der Waals surface area contributed by atoms with Crippen LogP contribution in [0.5, 0.6) is 0 Å². The molecule has 0 spiro atoms. The summed E-state index contributed by atoms with van der Waals surface area (Å²) in [7, 11) is -0.123. The van der Waals surface area contributed by atoms with E-state index in [1.165, 1.54) is 21.4 Å². The average Bonchev–Trinajstić information content (AvgIpc) is 2.85. The largest absolute Gasteiger partial charge is 0.396 e. The minimum atomic E-state index is -3.45. The molecule has 1 aromatic rings. The highest BCUT2D eigenvalue weighted by Gasteiger charge is 2.31. The Morgan fingerprint density at radius 3 is 2.53 bits per heavy atom. The molecule has 1 N–H and O–H groups in total. The molecule has 0 amide bonds. The lowest BCUT2D eigenvalue weighted by Gasteiger charge is -2.33. The zero-order valence-corrected chi connectivity index (χ0v) is 12.2. The Bertz CT molecular complexity index is 518. The van der Waals surface area contributed by atoms with E-state index in [1.54, 1.807) is 14.1 Å². The Morgan fingerprint density at radius 2 is 2.05 bits per heavy atom. The fourth-order valence-corrected chi connectivity index (χ4v) is 3.99. The van der Waals surface area contributed by atoms with E-state index in [-0.39, 0.29) is 17.5 Å². The van der Waals surface area contributed by atoms with Gasteiger partial charge in [0.15, 0.2) is 0 Å². The summed E-state index contributed by atoms with van der Waals surface area (Å²) >= 11 is 0. The van der Waals surface area contributed by atoms with Crippen molar-refractivity contribution in [2.24, 2.45) is 13.0 Å². The monoisotopic (exact) mass is 287 g/mol. The highest BCUT2D eigenvalue weighted by atomic mass is 32.2. The van der Waals surface area contributed by atoms with Gasteiger partial charge in [-0.15, -0.1) is 0 Å². The second-order valence-electron chi connectivity index (χ2n) is 5.23. The maximum Gasteiger partial charge on any atom is 0.246 e. The molecule has 6 nitrogen and oxygen atoms in total. The van der Waals surface area contributed by atoms with Crippen LogP contribution in [0.15, 0.2) is 17.3 Å². The Labute approximate surface area is 114 Å². The summed E-state index contributed by atoms with van der Waals surface area (Å²) in [5.41, 5.74) is 0. The number of aliphatic hydroxyl groups is 1. The molecule has 0 radical (unpaired) electrons. The van der Waals surface area contributed by atoms with Crippen LogP contribution in [-0.4, -0.2) is 47.3 Å². The maximum atomic E-state index is 12.4. The van der Waals surface area contributed by atoms with E-state index in [4.69, 9.17) is 5.11 Å². The van der Waals surface area contributed by atoms with Crippen LogP contribution in [-0.2, 0) is 17.1 Å². The van der Waals surface area contributed by atoms with E-state index in [0.717, 1.165) is 25.7 Å². The summed E-state index contributed by atoms with van der Waals surface area (Å²) in [6.07, 6.45) is 6.28. The van der Waals surface area contributed by atoms with Crippen molar-refractivity contribution < 1.29 is 13.5 Å². The molecule has 0 atom stereocenters. The summed E-state index contributed by atoms with van der Waals surface area (Å²) in [5.74, 6) is 0.325. The van der Waals surface area contributed by atoms with Crippen LogP contribution in [0.4, 0.5) is 0 Å². The smallest absolute Gasteiger partial charge is 0.246 e. The fraction of sp³-hybridized carbons (Fsp3) is 0.750. The second-order valence-corrected chi connectivity index (χ2v) is 7.23. The molecule has 1 saturated carbocycles. The van der Waals surface area contributed by atoms with Crippen LogP contribution in [0, 0.1) is 5.92 Å². The summed E-state index contributed by atoms with van der Waals surface area (Å²) < 4.78 is 27.8. The first kappa shape index (κ1) is 14.5. The van der Waals surface area contributed by atoms with Crippen LogP contribution in [0.3, 0.4) is 0 Å². The van der Waals surface area contributed by atoms with Crippen molar-refractivity contribution in [2.75, 3.05) is 13.7 Å². The van der Waals surface area contributed by atoms with E-state index in [1.807, 2.05) is 0 Å². The van der Waals surface area contributed by atoms with Gasteiger partial charge in [-0.05, 0) is 31.6 Å². The molecule has 1 fully saturated rings. The van der Waals surface area contributed by atoms with Gasteiger partial charge in [0.2, 0.25) is 10.0 Å². The third kappa shape index (κ3) is 2.98. The number of hydrogen-bond acceptors (Lipinski definition) is 4. The number of aryl methyl sites for hydroxylation is 1. The Balaban J connectivity index is 2.09. The van der Waals surface area contributed by atoms with Gasteiger partial charge in [-0.25, -0.2) is 8.42 Å². The van der Waals surface area contributed by atoms with Crippen molar-refractivity contribution in [2.45, 2.75) is 36.6 Å². The van der Waals surface area contributed by atoms with E-state index >= 15 is 0 Å². The normalized spacial score (nSPS) is 24.8. The van der Waals surface area contributed by atoms with E-state index < -0.39 is 10.0 Å². The van der Waals surface area contributed by atoms with Gasteiger partial charge in [0, 0.05) is 32.9 Å². The fourth-order valence-electron chi connectivity index (χ4n) is 2.59. The van der Waals surface area contributed by atoms with Gasteiger partial charge in [0.05, 0.1) is 6.20 Å². The van der Waals surface area contributed by atoms with Gasteiger partial charge in [-0.2, -0.15) is 9.40 Å². The molecule has 2 rings (SSSR count). The van der Waals surface area contributed by atoms with E-state index in [9.17, 15) is 8.42 Å². The van der Waals surface area contributed by atoms with Crippen molar-refractivity contribution in [3.63, 3.8) is 0 Å². The van der Waals surface area contributed by atoms with Crippen LogP contribution in [0.2, 0.25) is 0 Å². The molecule has 0 saturated heterocycles. The highest BCUT2D eigenvalue weighted by molar-refractivity contribution is 7.89. The van der Waals surface area contributed by atoms with Crippen molar-refractivity contribution in [3.05, 3.63) is 12.4 Å².